The van der Waals surface area contributed by atoms with Gasteiger partial charge in [-0.05, 0) is 25.0 Å². The summed E-state index contributed by atoms with van der Waals surface area (Å²) < 4.78 is 5.51. The van der Waals surface area contributed by atoms with Crippen LogP contribution < -0.4 is 5.32 Å². The molecule has 3 nitrogen and oxygen atoms in total. The van der Waals surface area contributed by atoms with E-state index in [1.54, 1.807) is 6.07 Å². The fraction of sp³-hybridized carbons (Fsp3) is 0.357. The molecule has 17 heavy (non-hydrogen) atoms. The fourth-order valence-electron chi connectivity index (χ4n) is 1.84. The highest BCUT2D eigenvalue weighted by Crippen LogP contribution is 2.18. The second-order valence-electron chi connectivity index (χ2n) is 4.14. The van der Waals surface area contributed by atoms with Crippen molar-refractivity contribution in [3.05, 3.63) is 36.1 Å². The third-order valence-electron chi connectivity index (χ3n) is 2.97. The zero-order chi connectivity index (χ0) is 12.3. The summed E-state index contributed by atoms with van der Waals surface area (Å²) in [7, 11) is 0. The van der Waals surface area contributed by atoms with Crippen molar-refractivity contribution in [3.8, 4) is 0 Å². The molecule has 0 spiro atoms. The van der Waals surface area contributed by atoms with Crippen LogP contribution in [0.15, 0.2) is 34.7 Å². The van der Waals surface area contributed by atoms with Gasteiger partial charge in [0, 0.05) is 11.4 Å². The van der Waals surface area contributed by atoms with E-state index in [0.717, 1.165) is 23.8 Å². The highest BCUT2D eigenvalue weighted by molar-refractivity contribution is 5.96. The lowest BCUT2D eigenvalue weighted by molar-refractivity contribution is 0.0909. The van der Waals surface area contributed by atoms with Crippen molar-refractivity contribution < 1.29 is 9.21 Å². The van der Waals surface area contributed by atoms with E-state index in [2.05, 4.69) is 19.2 Å². The minimum Gasteiger partial charge on any atom is -0.451 e. The molecule has 0 fully saturated rings. The van der Waals surface area contributed by atoms with E-state index >= 15 is 0 Å². The van der Waals surface area contributed by atoms with E-state index < -0.39 is 0 Å². The van der Waals surface area contributed by atoms with Crippen molar-refractivity contribution in [1.29, 1.82) is 0 Å². The Bertz CT molecular complexity index is 479. The van der Waals surface area contributed by atoms with E-state index in [1.807, 2.05) is 24.3 Å². The lowest BCUT2D eigenvalue weighted by Crippen LogP contribution is -2.33. The summed E-state index contributed by atoms with van der Waals surface area (Å²) in [6.07, 6.45) is 1.87. The predicted molar refractivity (Wildman–Crippen MR) is 68.1 cm³/mol. The van der Waals surface area contributed by atoms with Gasteiger partial charge in [0.2, 0.25) is 0 Å². The monoisotopic (exact) mass is 231 g/mol. The van der Waals surface area contributed by atoms with Gasteiger partial charge in [-0.3, -0.25) is 4.79 Å². The maximum Gasteiger partial charge on any atom is 0.287 e. The van der Waals surface area contributed by atoms with Gasteiger partial charge in [0.05, 0.1) is 0 Å². The number of amides is 1. The molecule has 0 unspecified atom stereocenters. The second-order valence-corrected chi connectivity index (χ2v) is 4.14. The number of benzene rings is 1. The average molecular weight is 231 g/mol. The van der Waals surface area contributed by atoms with Crippen molar-refractivity contribution in [2.75, 3.05) is 0 Å². The van der Waals surface area contributed by atoms with Gasteiger partial charge in [-0.25, -0.2) is 0 Å². The molecular formula is C14H17NO2. The molecule has 2 aromatic rings. The molecule has 1 heterocycles. The summed E-state index contributed by atoms with van der Waals surface area (Å²) in [6.45, 7) is 4.13. The Kier molecular flexibility index (Phi) is 3.47. The van der Waals surface area contributed by atoms with Crippen LogP contribution in [0.4, 0.5) is 0 Å². The fourth-order valence-corrected chi connectivity index (χ4v) is 1.84. The number of furan rings is 1. The molecule has 90 valence electrons. The van der Waals surface area contributed by atoms with Gasteiger partial charge in [-0.15, -0.1) is 0 Å². The van der Waals surface area contributed by atoms with Crippen molar-refractivity contribution in [1.82, 2.24) is 5.32 Å². The first-order chi connectivity index (χ1) is 8.24. The van der Waals surface area contributed by atoms with Gasteiger partial charge in [0.15, 0.2) is 5.76 Å². The van der Waals surface area contributed by atoms with Crippen LogP contribution in [0.5, 0.6) is 0 Å². The smallest absolute Gasteiger partial charge is 0.287 e. The second kappa shape index (κ2) is 5.04. The molecule has 0 atom stereocenters. The third-order valence-corrected chi connectivity index (χ3v) is 2.97. The molecule has 2 rings (SSSR count). The number of hydrogen-bond donors (Lipinski definition) is 1. The summed E-state index contributed by atoms with van der Waals surface area (Å²) in [6, 6.07) is 9.63. The molecule has 0 aliphatic carbocycles. The van der Waals surface area contributed by atoms with Gasteiger partial charge in [0.1, 0.15) is 5.58 Å². The van der Waals surface area contributed by atoms with E-state index in [-0.39, 0.29) is 11.9 Å². The lowest BCUT2D eigenvalue weighted by Gasteiger charge is -2.12. The topological polar surface area (TPSA) is 42.2 Å². The van der Waals surface area contributed by atoms with E-state index in [4.69, 9.17) is 4.42 Å². The Balaban J connectivity index is 2.19. The van der Waals surface area contributed by atoms with Crippen LogP contribution in [0, 0.1) is 0 Å². The number of rotatable bonds is 4. The molecule has 0 aliphatic heterocycles. The molecule has 1 aromatic heterocycles. The molecule has 1 amide bonds. The zero-order valence-corrected chi connectivity index (χ0v) is 10.2. The molecule has 0 radical (unpaired) electrons. The van der Waals surface area contributed by atoms with Crippen LogP contribution in [-0.4, -0.2) is 11.9 Å². The summed E-state index contributed by atoms with van der Waals surface area (Å²) in [5.41, 5.74) is 0.752. The van der Waals surface area contributed by atoms with Crippen LogP contribution >= 0.6 is 0 Å². The number of carbonyl (C=O) groups excluding carboxylic acids is 1. The molecule has 3 heteroatoms. The van der Waals surface area contributed by atoms with Crippen LogP contribution in [0.2, 0.25) is 0 Å². The van der Waals surface area contributed by atoms with Crippen molar-refractivity contribution in [2.45, 2.75) is 32.7 Å². The number of hydrogen-bond acceptors (Lipinski definition) is 2. The third kappa shape index (κ3) is 2.49. The van der Waals surface area contributed by atoms with E-state index in [1.165, 1.54) is 0 Å². The molecule has 0 aliphatic rings. The van der Waals surface area contributed by atoms with Gasteiger partial charge in [-0.2, -0.15) is 0 Å². The number of para-hydroxylation sites is 1. The quantitative estimate of drug-likeness (QED) is 0.876. The van der Waals surface area contributed by atoms with Crippen molar-refractivity contribution >= 4 is 16.9 Å². The minimum atomic E-state index is -0.130. The van der Waals surface area contributed by atoms with Gasteiger partial charge < -0.3 is 9.73 Å². The maximum absolute atomic E-state index is 11.9. The lowest BCUT2D eigenvalue weighted by atomic mass is 10.1. The van der Waals surface area contributed by atoms with Gasteiger partial charge in [0.25, 0.3) is 5.91 Å². The van der Waals surface area contributed by atoms with Crippen LogP contribution in [0.3, 0.4) is 0 Å². The van der Waals surface area contributed by atoms with E-state index in [0.29, 0.717) is 5.76 Å². The Morgan fingerprint density at radius 2 is 2.00 bits per heavy atom. The van der Waals surface area contributed by atoms with Crippen LogP contribution in [0.25, 0.3) is 11.0 Å². The van der Waals surface area contributed by atoms with Gasteiger partial charge in [-0.1, -0.05) is 32.0 Å². The molecule has 1 N–H and O–H groups in total. The molecule has 0 bridgehead atoms. The van der Waals surface area contributed by atoms with Crippen molar-refractivity contribution in [3.63, 3.8) is 0 Å². The number of carbonyl (C=O) groups is 1. The molecular weight excluding hydrogens is 214 g/mol. The summed E-state index contributed by atoms with van der Waals surface area (Å²) in [5.74, 6) is 0.257. The highest BCUT2D eigenvalue weighted by atomic mass is 16.3. The largest absolute Gasteiger partial charge is 0.451 e. The van der Waals surface area contributed by atoms with Crippen LogP contribution in [-0.2, 0) is 0 Å². The Hall–Kier alpha value is -1.77. The number of fused-ring (bicyclic) bond motifs is 1. The summed E-state index contributed by atoms with van der Waals surface area (Å²) in [5, 5.41) is 3.92. The molecule has 0 saturated heterocycles. The maximum atomic E-state index is 11.9. The first-order valence-corrected chi connectivity index (χ1v) is 6.04. The minimum absolute atomic E-state index is 0.130. The SMILES string of the molecule is CCC(CC)NC(=O)c1cc2ccccc2o1. The normalized spacial score (nSPS) is 11.0. The highest BCUT2D eigenvalue weighted by Gasteiger charge is 2.14. The first-order valence-electron chi connectivity index (χ1n) is 6.04. The zero-order valence-electron chi connectivity index (χ0n) is 10.2. The summed E-state index contributed by atoms with van der Waals surface area (Å²) in [4.78, 5) is 11.9. The standard InChI is InChI=1S/C14H17NO2/c1-3-11(4-2)15-14(16)13-9-10-7-5-6-8-12(10)17-13/h5-9,11H,3-4H2,1-2H3,(H,15,16). The molecule has 0 saturated carbocycles. The molecule has 1 aromatic carbocycles. The average Bonchev–Trinajstić information content (AvgIpc) is 2.79. The Labute approximate surface area is 101 Å². The first kappa shape index (κ1) is 11.7. The van der Waals surface area contributed by atoms with Crippen LogP contribution in [0.1, 0.15) is 37.2 Å². The predicted octanol–water partition coefficient (Wildman–Crippen LogP) is 3.35. The van der Waals surface area contributed by atoms with Gasteiger partial charge >= 0.3 is 0 Å². The Morgan fingerprint density at radius 3 is 2.65 bits per heavy atom. The van der Waals surface area contributed by atoms with Crippen molar-refractivity contribution in [2.24, 2.45) is 0 Å². The van der Waals surface area contributed by atoms with E-state index in [9.17, 15) is 4.79 Å². The Morgan fingerprint density at radius 1 is 1.29 bits per heavy atom. The number of nitrogens with one attached hydrogen (secondary N) is 1. The summed E-state index contributed by atoms with van der Waals surface area (Å²) >= 11 is 0.